The van der Waals surface area contributed by atoms with Crippen LogP contribution < -0.4 is 5.32 Å². The summed E-state index contributed by atoms with van der Waals surface area (Å²) in [5, 5.41) is 2.96. The molecule has 0 atom stereocenters. The fourth-order valence-corrected chi connectivity index (χ4v) is 4.27. The predicted molar refractivity (Wildman–Crippen MR) is 121 cm³/mol. The Balaban J connectivity index is 1.55. The summed E-state index contributed by atoms with van der Waals surface area (Å²) in [5.41, 5.74) is 3.99. The third-order valence-corrected chi connectivity index (χ3v) is 5.97. The molecule has 4 nitrogen and oxygen atoms in total. The van der Waals surface area contributed by atoms with Crippen LogP contribution in [0.1, 0.15) is 48.9 Å². The van der Waals surface area contributed by atoms with Gasteiger partial charge in [0.05, 0.1) is 24.0 Å². The SMILES string of the molecule is Cc1cc(CC(=O)Nc2ncc(-c3ccccc3)nc2CC2CCCCC2)ccc1F. The first kappa shape index (κ1) is 21.2. The highest BCUT2D eigenvalue weighted by Crippen LogP contribution is 2.29. The van der Waals surface area contributed by atoms with E-state index in [1.54, 1.807) is 25.3 Å². The van der Waals surface area contributed by atoms with Crippen LogP contribution in [-0.2, 0) is 17.6 Å². The van der Waals surface area contributed by atoms with Crippen LogP contribution in [0.15, 0.2) is 54.7 Å². The zero-order chi connectivity index (χ0) is 21.6. The lowest BCUT2D eigenvalue weighted by molar-refractivity contribution is -0.115. The number of amides is 1. The highest BCUT2D eigenvalue weighted by Gasteiger charge is 2.19. The number of rotatable bonds is 6. The molecule has 4 rings (SSSR count). The topological polar surface area (TPSA) is 54.9 Å². The van der Waals surface area contributed by atoms with Crippen LogP contribution in [0, 0.1) is 18.7 Å². The van der Waals surface area contributed by atoms with Crippen molar-refractivity contribution in [1.82, 2.24) is 9.97 Å². The van der Waals surface area contributed by atoms with Crippen LogP contribution in [0.3, 0.4) is 0 Å². The monoisotopic (exact) mass is 417 g/mol. The lowest BCUT2D eigenvalue weighted by Crippen LogP contribution is -2.19. The summed E-state index contributed by atoms with van der Waals surface area (Å²) in [6.07, 6.45) is 8.90. The number of hydrogen-bond donors (Lipinski definition) is 1. The predicted octanol–water partition coefficient (Wildman–Crippen LogP) is 5.90. The van der Waals surface area contributed by atoms with E-state index in [4.69, 9.17) is 4.98 Å². The molecule has 1 aromatic heterocycles. The van der Waals surface area contributed by atoms with Gasteiger partial charge < -0.3 is 5.32 Å². The first-order valence-corrected chi connectivity index (χ1v) is 11.0. The van der Waals surface area contributed by atoms with Gasteiger partial charge in [0.15, 0.2) is 5.82 Å². The molecular weight excluding hydrogens is 389 g/mol. The normalized spacial score (nSPS) is 14.4. The molecule has 1 aliphatic rings. The molecule has 2 aromatic carbocycles. The summed E-state index contributed by atoms with van der Waals surface area (Å²) < 4.78 is 13.5. The van der Waals surface area contributed by atoms with E-state index in [-0.39, 0.29) is 18.1 Å². The maximum Gasteiger partial charge on any atom is 0.229 e. The molecule has 0 aliphatic heterocycles. The number of carbonyl (C=O) groups is 1. The minimum Gasteiger partial charge on any atom is -0.309 e. The van der Waals surface area contributed by atoms with E-state index in [9.17, 15) is 9.18 Å². The van der Waals surface area contributed by atoms with Gasteiger partial charge in [-0.2, -0.15) is 0 Å². The molecule has 1 amide bonds. The van der Waals surface area contributed by atoms with Crippen LogP contribution in [-0.4, -0.2) is 15.9 Å². The third kappa shape index (κ3) is 5.54. The van der Waals surface area contributed by atoms with Gasteiger partial charge in [-0.3, -0.25) is 4.79 Å². The van der Waals surface area contributed by atoms with E-state index in [0.717, 1.165) is 28.9 Å². The van der Waals surface area contributed by atoms with E-state index in [0.29, 0.717) is 17.3 Å². The average molecular weight is 418 g/mol. The highest BCUT2D eigenvalue weighted by molar-refractivity contribution is 5.92. The van der Waals surface area contributed by atoms with E-state index in [1.807, 2.05) is 30.3 Å². The molecule has 1 saturated carbocycles. The molecule has 1 N–H and O–H groups in total. The van der Waals surface area contributed by atoms with Crippen molar-refractivity contribution in [2.45, 2.75) is 51.9 Å². The van der Waals surface area contributed by atoms with Gasteiger partial charge >= 0.3 is 0 Å². The summed E-state index contributed by atoms with van der Waals surface area (Å²) in [7, 11) is 0. The van der Waals surface area contributed by atoms with Gasteiger partial charge in [0.1, 0.15) is 5.82 Å². The number of nitrogens with zero attached hydrogens (tertiary/aromatic N) is 2. The summed E-state index contributed by atoms with van der Waals surface area (Å²) in [4.78, 5) is 22.2. The van der Waals surface area contributed by atoms with Crippen LogP contribution >= 0.6 is 0 Å². The summed E-state index contributed by atoms with van der Waals surface area (Å²) in [5.74, 6) is 0.678. The molecule has 1 fully saturated rings. The Morgan fingerprint density at radius 1 is 1.10 bits per heavy atom. The molecule has 1 aliphatic carbocycles. The largest absolute Gasteiger partial charge is 0.309 e. The van der Waals surface area contributed by atoms with Crippen LogP contribution in [0.25, 0.3) is 11.3 Å². The molecule has 5 heteroatoms. The van der Waals surface area contributed by atoms with Gasteiger partial charge in [-0.05, 0) is 36.5 Å². The molecular formula is C26H28FN3O. The smallest absolute Gasteiger partial charge is 0.229 e. The molecule has 0 spiro atoms. The number of carbonyl (C=O) groups excluding carboxylic acids is 1. The Morgan fingerprint density at radius 2 is 1.87 bits per heavy atom. The quantitative estimate of drug-likeness (QED) is 0.544. The number of aryl methyl sites for hydroxylation is 1. The maximum absolute atomic E-state index is 13.5. The van der Waals surface area contributed by atoms with Gasteiger partial charge in [0, 0.05) is 5.56 Å². The highest BCUT2D eigenvalue weighted by atomic mass is 19.1. The van der Waals surface area contributed by atoms with Gasteiger partial charge in [0.25, 0.3) is 0 Å². The Morgan fingerprint density at radius 3 is 2.61 bits per heavy atom. The standard InChI is InChI=1S/C26H28FN3O/c1-18-14-20(12-13-22(18)27)16-25(31)30-26-23(15-19-8-4-2-5-9-19)29-24(17-28-26)21-10-6-3-7-11-21/h3,6-7,10-14,17,19H,2,4-5,8-9,15-16H2,1H3,(H,28,30,31). The fourth-order valence-electron chi connectivity index (χ4n) is 4.27. The molecule has 0 unspecified atom stereocenters. The molecule has 0 saturated heterocycles. The van der Waals surface area contributed by atoms with Crippen molar-refractivity contribution in [3.63, 3.8) is 0 Å². The summed E-state index contributed by atoms with van der Waals surface area (Å²) in [6, 6.07) is 14.7. The van der Waals surface area contributed by atoms with Gasteiger partial charge in [-0.15, -0.1) is 0 Å². The second-order valence-corrected chi connectivity index (χ2v) is 8.43. The minimum atomic E-state index is -0.263. The number of benzene rings is 2. The summed E-state index contributed by atoms with van der Waals surface area (Å²) >= 11 is 0. The van der Waals surface area contributed by atoms with Crippen molar-refractivity contribution in [2.75, 3.05) is 5.32 Å². The lowest BCUT2D eigenvalue weighted by atomic mass is 9.86. The molecule has 160 valence electrons. The minimum absolute atomic E-state index is 0.169. The van der Waals surface area contributed by atoms with Gasteiger partial charge in [0.2, 0.25) is 5.91 Å². The Bertz CT molecular complexity index is 1050. The van der Waals surface area contributed by atoms with Crippen molar-refractivity contribution in [2.24, 2.45) is 5.92 Å². The molecule has 31 heavy (non-hydrogen) atoms. The molecule has 0 bridgehead atoms. The Labute approximate surface area is 183 Å². The van der Waals surface area contributed by atoms with Crippen LogP contribution in [0.5, 0.6) is 0 Å². The van der Waals surface area contributed by atoms with E-state index < -0.39 is 0 Å². The summed E-state index contributed by atoms with van der Waals surface area (Å²) in [6.45, 7) is 1.70. The Kier molecular flexibility index (Phi) is 6.70. The maximum atomic E-state index is 13.5. The third-order valence-electron chi connectivity index (χ3n) is 5.97. The first-order valence-electron chi connectivity index (χ1n) is 11.0. The zero-order valence-electron chi connectivity index (χ0n) is 17.9. The number of anilines is 1. The van der Waals surface area contributed by atoms with E-state index >= 15 is 0 Å². The Hall–Kier alpha value is -3.08. The number of hydrogen-bond acceptors (Lipinski definition) is 3. The molecule has 3 aromatic rings. The lowest BCUT2D eigenvalue weighted by Gasteiger charge is -2.22. The first-order chi connectivity index (χ1) is 15.1. The van der Waals surface area contributed by atoms with Crippen molar-refractivity contribution < 1.29 is 9.18 Å². The second-order valence-electron chi connectivity index (χ2n) is 8.43. The molecule has 1 heterocycles. The second kappa shape index (κ2) is 9.82. The van der Waals surface area contributed by atoms with Gasteiger partial charge in [-0.1, -0.05) is 74.6 Å². The molecule has 0 radical (unpaired) electrons. The van der Waals surface area contributed by atoms with Crippen molar-refractivity contribution in [3.05, 3.63) is 77.4 Å². The van der Waals surface area contributed by atoms with Crippen LogP contribution in [0.4, 0.5) is 10.2 Å². The van der Waals surface area contributed by atoms with Crippen LogP contribution in [0.2, 0.25) is 0 Å². The average Bonchev–Trinajstić information content (AvgIpc) is 2.79. The van der Waals surface area contributed by atoms with Crippen molar-refractivity contribution in [1.29, 1.82) is 0 Å². The number of halogens is 1. The van der Waals surface area contributed by atoms with Crippen molar-refractivity contribution in [3.8, 4) is 11.3 Å². The van der Waals surface area contributed by atoms with E-state index in [1.165, 1.54) is 38.2 Å². The fraction of sp³-hybridized carbons (Fsp3) is 0.346. The van der Waals surface area contributed by atoms with Gasteiger partial charge in [-0.25, -0.2) is 14.4 Å². The number of aromatic nitrogens is 2. The van der Waals surface area contributed by atoms with Crippen molar-refractivity contribution >= 4 is 11.7 Å². The number of nitrogens with one attached hydrogen (secondary N) is 1. The zero-order valence-corrected chi connectivity index (χ0v) is 17.9. The van der Waals surface area contributed by atoms with E-state index in [2.05, 4.69) is 10.3 Å².